The minimum Gasteiger partial charge on any atom is -0.382 e. The number of H-pyrrole nitrogens is 1. The first-order valence-corrected chi connectivity index (χ1v) is 8.41. The molecule has 1 aliphatic heterocycles. The number of carbonyl (C=O) groups is 2. The van der Waals surface area contributed by atoms with E-state index in [4.69, 9.17) is 4.74 Å². The van der Waals surface area contributed by atoms with Crippen molar-refractivity contribution in [2.24, 2.45) is 5.92 Å². The largest absolute Gasteiger partial charge is 0.382 e. The number of fused-ring (bicyclic) bond motifs is 1. The number of ether oxygens (including phenoxy) is 1. The van der Waals surface area contributed by atoms with E-state index in [1.54, 1.807) is 11.1 Å². The Kier molecular flexibility index (Phi) is 5.15. The molecule has 0 aliphatic carbocycles. The summed E-state index contributed by atoms with van der Waals surface area (Å²) < 4.78 is 5.23. The Morgan fingerprint density at radius 3 is 2.92 bits per heavy atom. The van der Waals surface area contributed by atoms with Crippen LogP contribution in [0.2, 0.25) is 0 Å². The fourth-order valence-electron chi connectivity index (χ4n) is 2.90. The Morgan fingerprint density at radius 2 is 2.12 bits per heavy atom. The molecular formula is C18H23N3O3. The fourth-order valence-corrected chi connectivity index (χ4v) is 2.90. The van der Waals surface area contributed by atoms with Crippen molar-refractivity contribution in [2.45, 2.75) is 13.3 Å². The summed E-state index contributed by atoms with van der Waals surface area (Å²) in [5, 5.41) is 3.83. The van der Waals surface area contributed by atoms with Crippen LogP contribution in [0.4, 0.5) is 0 Å². The first-order valence-electron chi connectivity index (χ1n) is 8.41. The van der Waals surface area contributed by atoms with Gasteiger partial charge in [-0.1, -0.05) is 18.2 Å². The maximum atomic E-state index is 12.6. The molecule has 0 atom stereocenters. The van der Waals surface area contributed by atoms with Gasteiger partial charge in [-0.15, -0.1) is 0 Å². The summed E-state index contributed by atoms with van der Waals surface area (Å²) in [5.41, 5.74) is 1.62. The highest BCUT2D eigenvalue weighted by molar-refractivity contribution is 6.07. The molecule has 128 valence electrons. The Bertz CT molecular complexity index is 719. The van der Waals surface area contributed by atoms with Gasteiger partial charge in [-0.2, -0.15) is 0 Å². The third-order valence-electron chi connectivity index (χ3n) is 4.33. The van der Waals surface area contributed by atoms with Crippen molar-refractivity contribution in [3.8, 4) is 0 Å². The highest BCUT2D eigenvalue weighted by Gasteiger charge is 2.36. The standard InChI is InChI=1S/C18H23N3O3/c1-2-24-9-5-8-19-17(22)13-11-21(12-13)18(23)15-10-20-16-7-4-3-6-14(15)16/h3-4,6-7,10,13,20H,2,5,8-9,11-12H2,1H3,(H,19,22). The predicted molar refractivity (Wildman–Crippen MR) is 91.8 cm³/mol. The van der Waals surface area contributed by atoms with Crippen LogP contribution in [0.3, 0.4) is 0 Å². The fraction of sp³-hybridized carbons (Fsp3) is 0.444. The number of hydrogen-bond donors (Lipinski definition) is 2. The first-order chi connectivity index (χ1) is 11.7. The Morgan fingerprint density at radius 1 is 1.33 bits per heavy atom. The van der Waals surface area contributed by atoms with E-state index in [-0.39, 0.29) is 17.7 Å². The summed E-state index contributed by atoms with van der Waals surface area (Å²) in [4.78, 5) is 29.4. The number of benzene rings is 1. The SMILES string of the molecule is CCOCCCNC(=O)C1CN(C(=O)c2c[nH]c3ccccc23)C1. The number of rotatable bonds is 7. The molecule has 1 aromatic heterocycles. The minimum atomic E-state index is -0.105. The molecule has 0 saturated carbocycles. The second-order valence-corrected chi connectivity index (χ2v) is 6.00. The van der Waals surface area contributed by atoms with Gasteiger partial charge in [0.25, 0.3) is 5.91 Å². The number of amides is 2. The van der Waals surface area contributed by atoms with Gasteiger partial charge in [0.1, 0.15) is 0 Å². The van der Waals surface area contributed by atoms with E-state index in [0.29, 0.717) is 38.4 Å². The average molecular weight is 329 g/mol. The third-order valence-corrected chi connectivity index (χ3v) is 4.33. The average Bonchev–Trinajstić information content (AvgIpc) is 2.97. The topological polar surface area (TPSA) is 74.4 Å². The van der Waals surface area contributed by atoms with Crippen molar-refractivity contribution < 1.29 is 14.3 Å². The van der Waals surface area contributed by atoms with E-state index < -0.39 is 0 Å². The lowest BCUT2D eigenvalue weighted by Crippen LogP contribution is -2.55. The van der Waals surface area contributed by atoms with E-state index in [0.717, 1.165) is 17.3 Å². The maximum Gasteiger partial charge on any atom is 0.256 e. The first kappa shape index (κ1) is 16.5. The highest BCUT2D eigenvalue weighted by Crippen LogP contribution is 2.23. The van der Waals surface area contributed by atoms with Gasteiger partial charge < -0.3 is 19.9 Å². The molecule has 2 N–H and O–H groups in total. The predicted octanol–water partition coefficient (Wildman–Crippen LogP) is 1.78. The molecule has 3 rings (SSSR count). The number of nitrogens with zero attached hydrogens (tertiary/aromatic N) is 1. The van der Waals surface area contributed by atoms with Gasteiger partial charge in [0.2, 0.25) is 5.91 Å². The summed E-state index contributed by atoms with van der Waals surface area (Å²) in [7, 11) is 0. The molecule has 1 aliphatic rings. The molecule has 2 amide bonds. The van der Waals surface area contributed by atoms with Crippen LogP contribution in [-0.4, -0.2) is 54.5 Å². The van der Waals surface area contributed by atoms with Crippen molar-refractivity contribution in [1.29, 1.82) is 0 Å². The van der Waals surface area contributed by atoms with Gasteiger partial charge in [-0.3, -0.25) is 9.59 Å². The minimum absolute atomic E-state index is 0.0205. The molecule has 6 nitrogen and oxygen atoms in total. The zero-order valence-electron chi connectivity index (χ0n) is 13.9. The summed E-state index contributed by atoms with van der Waals surface area (Å²) in [6.45, 7) is 4.89. The van der Waals surface area contributed by atoms with Crippen molar-refractivity contribution in [2.75, 3.05) is 32.8 Å². The van der Waals surface area contributed by atoms with E-state index in [9.17, 15) is 9.59 Å². The zero-order chi connectivity index (χ0) is 16.9. The van der Waals surface area contributed by atoms with Crippen LogP contribution in [-0.2, 0) is 9.53 Å². The van der Waals surface area contributed by atoms with Gasteiger partial charge in [-0.25, -0.2) is 0 Å². The second kappa shape index (κ2) is 7.49. The molecule has 1 saturated heterocycles. The van der Waals surface area contributed by atoms with Crippen molar-refractivity contribution in [1.82, 2.24) is 15.2 Å². The number of likely N-dealkylation sites (tertiary alicyclic amines) is 1. The lowest BCUT2D eigenvalue weighted by Gasteiger charge is -2.38. The van der Waals surface area contributed by atoms with Crippen molar-refractivity contribution >= 4 is 22.7 Å². The molecule has 0 unspecified atom stereocenters. The number of aromatic nitrogens is 1. The van der Waals surface area contributed by atoms with Gasteiger partial charge in [-0.05, 0) is 19.4 Å². The molecule has 0 radical (unpaired) electrons. The number of aromatic amines is 1. The second-order valence-electron chi connectivity index (χ2n) is 6.00. The number of carbonyl (C=O) groups excluding carboxylic acids is 2. The summed E-state index contributed by atoms with van der Waals surface area (Å²) in [6.07, 6.45) is 2.55. The van der Waals surface area contributed by atoms with Crippen molar-refractivity contribution in [3.05, 3.63) is 36.0 Å². The molecule has 24 heavy (non-hydrogen) atoms. The Hall–Kier alpha value is -2.34. The van der Waals surface area contributed by atoms with Crippen LogP contribution >= 0.6 is 0 Å². The lowest BCUT2D eigenvalue weighted by atomic mass is 9.97. The van der Waals surface area contributed by atoms with Crippen LogP contribution < -0.4 is 5.32 Å². The van der Waals surface area contributed by atoms with Crippen LogP contribution in [0.5, 0.6) is 0 Å². The van der Waals surface area contributed by atoms with Gasteiger partial charge >= 0.3 is 0 Å². The maximum absolute atomic E-state index is 12.6. The van der Waals surface area contributed by atoms with Crippen LogP contribution in [0.25, 0.3) is 10.9 Å². The van der Waals surface area contributed by atoms with Gasteiger partial charge in [0.05, 0.1) is 11.5 Å². The summed E-state index contributed by atoms with van der Waals surface area (Å²) in [6, 6.07) is 7.73. The Labute approximate surface area is 141 Å². The number of nitrogens with one attached hydrogen (secondary N) is 2. The summed E-state index contributed by atoms with van der Waals surface area (Å²) in [5.74, 6) is -0.103. The number of para-hydroxylation sites is 1. The van der Waals surface area contributed by atoms with Gasteiger partial charge in [0, 0.05) is 49.9 Å². The molecule has 6 heteroatoms. The monoisotopic (exact) mass is 329 g/mol. The third kappa shape index (κ3) is 3.43. The van der Waals surface area contributed by atoms with E-state index in [1.165, 1.54) is 0 Å². The molecule has 2 heterocycles. The van der Waals surface area contributed by atoms with E-state index in [2.05, 4.69) is 10.3 Å². The van der Waals surface area contributed by atoms with Gasteiger partial charge in [0.15, 0.2) is 0 Å². The molecule has 2 aromatic rings. The van der Waals surface area contributed by atoms with E-state index >= 15 is 0 Å². The lowest BCUT2D eigenvalue weighted by molar-refractivity contribution is -0.129. The normalized spacial score (nSPS) is 14.6. The van der Waals surface area contributed by atoms with Crippen LogP contribution in [0.15, 0.2) is 30.5 Å². The molecular weight excluding hydrogens is 306 g/mol. The number of hydrogen-bond acceptors (Lipinski definition) is 3. The van der Waals surface area contributed by atoms with Crippen LogP contribution in [0.1, 0.15) is 23.7 Å². The van der Waals surface area contributed by atoms with Crippen LogP contribution in [0, 0.1) is 5.92 Å². The van der Waals surface area contributed by atoms with E-state index in [1.807, 2.05) is 31.2 Å². The van der Waals surface area contributed by atoms with Crippen molar-refractivity contribution in [3.63, 3.8) is 0 Å². The molecule has 1 fully saturated rings. The zero-order valence-corrected chi connectivity index (χ0v) is 13.9. The Balaban J connectivity index is 1.47. The quantitative estimate of drug-likeness (QED) is 0.761. The highest BCUT2D eigenvalue weighted by atomic mass is 16.5. The molecule has 0 spiro atoms. The summed E-state index contributed by atoms with van der Waals surface area (Å²) >= 11 is 0. The smallest absolute Gasteiger partial charge is 0.256 e. The molecule has 0 bridgehead atoms. The molecule has 1 aromatic carbocycles.